The number of hydrogen-bond donors (Lipinski definition) is 2. The molecule has 7 heteroatoms. The third-order valence-corrected chi connectivity index (χ3v) is 5.72. The van der Waals surface area contributed by atoms with Crippen LogP contribution < -0.4 is 20.1 Å². The van der Waals surface area contributed by atoms with Gasteiger partial charge in [-0.05, 0) is 36.5 Å². The van der Waals surface area contributed by atoms with Gasteiger partial charge in [0, 0.05) is 36.5 Å². The van der Waals surface area contributed by atoms with Crippen molar-refractivity contribution >= 4 is 23.1 Å². The van der Waals surface area contributed by atoms with Gasteiger partial charge >= 0.3 is 6.03 Å². The number of benzene rings is 1. The lowest BCUT2D eigenvalue weighted by atomic mass is 9.94. The van der Waals surface area contributed by atoms with Crippen molar-refractivity contribution < 1.29 is 14.3 Å². The Hall–Kier alpha value is -2.25. The first-order valence-electron chi connectivity index (χ1n) is 8.59. The van der Waals surface area contributed by atoms with Gasteiger partial charge in [-0.15, -0.1) is 11.3 Å². The number of nitrogens with one attached hydrogen (secondary N) is 2. The number of urea groups is 1. The van der Waals surface area contributed by atoms with E-state index in [0.29, 0.717) is 35.6 Å². The first-order chi connectivity index (χ1) is 12.6. The number of thiophene rings is 1. The molecule has 26 heavy (non-hydrogen) atoms. The first-order valence-corrected chi connectivity index (χ1v) is 9.47. The highest BCUT2D eigenvalue weighted by Gasteiger charge is 2.32. The normalized spacial score (nSPS) is 20.0. The zero-order valence-corrected chi connectivity index (χ0v) is 16.1. The van der Waals surface area contributed by atoms with Crippen molar-refractivity contribution in [1.29, 1.82) is 0 Å². The zero-order chi connectivity index (χ0) is 18.5. The van der Waals surface area contributed by atoms with Crippen LogP contribution in [0.15, 0.2) is 35.7 Å². The van der Waals surface area contributed by atoms with E-state index in [1.54, 1.807) is 43.8 Å². The lowest BCUT2D eigenvalue weighted by molar-refractivity contribution is 0.249. The summed E-state index contributed by atoms with van der Waals surface area (Å²) in [5.74, 6) is 2.12. The SMILES string of the molecule is COc1ccc(NC(=O)NC[C@H]2CN(C)C[C@H]2c2cccs2)c(OC)c1. The molecule has 1 aromatic heterocycles. The predicted molar refractivity (Wildman–Crippen MR) is 105 cm³/mol. The van der Waals surface area contributed by atoms with Crippen LogP contribution in [0.5, 0.6) is 11.5 Å². The van der Waals surface area contributed by atoms with Gasteiger partial charge in [-0.25, -0.2) is 4.79 Å². The standard InChI is InChI=1S/C19H25N3O3S/c1-22-11-13(15(12-22)18-5-4-8-26-18)10-20-19(23)21-16-7-6-14(24-2)9-17(16)25-3/h4-9,13,15H,10-12H2,1-3H3,(H2,20,21,23)/t13-,15+/m0/s1. The molecule has 1 fully saturated rings. The van der Waals surface area contributed by atoms with Crippen molar-refractivity contribution in [2.75, 3.05) is 46.2 Å². The van der Waals surface area contributed by atoms with Gasteiger partial charge in [-0.1, -0.05) is 6.07 Å². The number of hydrogen-bond acceptors (Lipinski definition) is 5. The predicted octanol–water partition coefficient (Wildman–Crippen LogP) is 3.23. The molecule has 2 atom stereocenters. The monoisotopic (exact) mass is 375 g/mol. The summed E-state index contributed by atoms with van der Waals surface area (Å²) in [6.45, 7) is 2.65. The molecular weight excluding hydrogens is 350 g/mol. The van der Waals surface area contributed by atoms with Gasteiger partial charge in [0.25, 0.3) is 0 Å². The van der Waals surface area contributed by atoms with Crippen molar-refractivity contribution in [3.63, 3.8) is 0 Å². The summed E-state index contributed by atoms with van der Waals surface area (Å²) in [4.78, 5) is 16.1. The summed E-state index contributed by atoms with van der Waals surface area (Å²) in [6, 6.07) is 9.35. The highest BCUT2D eigenvalue weighted by molar-refractivity contribution is 7.10. The van der Waals surface area contributed by atoms with E-state index in [2.05, 4.69) is 40.1 Å². The topological polar surface area (TPSA) is 62.8 Å². The second-order valence-corrected chi connectivity index (χ2v) is 7.48. The number of ether oxygens (including phenoxy) is 2. The van der Waals surface area contributed by atoms with Crippen LogP contribution in [0.1, 0.15) is 10.8 Å². The van der Waals surface area contributed by atoms with E-state index in [9.17, 15) is 4.79 Å². The van der Waals surface area contributed by atoms with Crippen molar-refractivity contribution in [3.05, 3.63) is 40.6 Å². The largest absolute Gasteiger partial charge is 0.497 e. The first kappa shape index (κ1) is 18.5. The number of likely N-dealkylation sites (N-methyl/N-ethyl adjacent to an activating group) is 1. The summed E-state index contributed by atoms with van der Waals surface area (Å²) in [7, 11) is 5.29. The molecule has 0 radical (unpaired) electrons. The molecule has 1 aromatic carbocycles. The maximum atomic E-state index is 12.3. The van der Waals surface area contributed by atoms with Gasteiger partial charge in [0.05, 0.1) is 19.9 Å². The van der Waals surface area contributed by atoms with Crippen LogP contribution in [-0.4, -0.2) is 51.8 Å². The van der Waals surface area contributed by atoms with Gasteiger partial charge in [0.15, 0.2) is 0 Å². The molecule has 3 rings (SSSR count). The van der Waals surface area contributed by atoms with E-state index in [1.807, 2.05) is 0 Å². The van der Waals surface area contributed by atoms with Crippen LogP contribution >= 0.6 is 11.3 Å². The molecule has 6 nitrogen and oxygen atoms in total. The Balaban J connectivity index is 1.58. The lowest BCUT2D eigenvalue weighted by Crippen LogP contribution is -2.35. The molecule has 0 spiro atoms. The number of rotatable bonds is 6. The van der Waals surface area contributed by atoms with Crippen LogP contribution in [-0.2, 0) is 0 Å². The fourth-order valence-electron chi connectivity index (χ4n) is 3.41. The van der Waals surface area contributed by atoms with E-state index in [0.717, 1.165) is 13.1 Å². The number of methoxy groups -OCH3 is 2. The molecule has 2 amide bonds. The van der Waals surface area contributed by atoms with E-state index in [-0.39, 0.29) is 6.03 Å². The highest BCUT2D eigenvalue weighted by atomic mass is 32.1. The van der Waals surface area contributed by atoms with Crippen LogP contribution in [0.3, 0.4) is 0 Å². The van der Waals surface area contributed by atoms with Crippen LogP contribution in [0.4, 0.5) is 10.5 Å². The van der Waals surface area contributed by atoms with Gasteiger partial charge in [0.1, 0.15) is 11.5 Å². The number of likely N-dealkylation sites (tertiary alicyclic amines) is 1. The third kappa shape index (κ3) is 4.28. The fraction of sp³-hybridized carbons (Fsp3) is 0.421. The second-order valence-electron chi connectivity index (χ2n) is 6.50. The molecular formula is C19H25N3O3S. The van der Waals surface area contributed by atoms with Crippen molar-refractivity contribution in [2.45, 2.75) is 5.92 Å². The minimum Gasteiger partial charge on any atom is -0.497 e. The molecule has 0 unspecified atom stereocenters. The van der Waals surface area contributed by atoms with Gasteiger partial charge < -0.3 is 25.0 Å². The molecule has 2 heterocycles. The second kappa shape index (κ2) is 8.42. The molecule has 0 bridgehead atoms. The molecule has 1 aliphatic heterocycles. The minimum absolute atomic E-state index is 0.229. The quantitative estimate of drug-likeness (QED) is 0.814. The number of anilines is 1. The Kier molecular flexibility index (Phi) is 6.00. The maximum absolute atomic E-state index is 12.3. The number of carbonyl (C=O) groups is 1. The van der Waals surface area contributed by atoms with Crippen molar-refractivity contribution in [2.24, 2.45) is 5.92 Å². The molecule has 2 N–H and O–H groups in total. The Morgan fingerprint density at radius 2 is 2.12 bits per heavy atom. The van der Waals surface area contributed by atoms with Crippen LogP contribution in [0.25, 0.3) is 0 Å². The zero-order valence-electron chi connectivity index (χ0n) is 15.3. The summed E-state index contributed by atoms with van der Waals surface area (Å²) in [5.41, 5.74) is 0.615. The minimum atomic E-state index is -0.229. The smallest absolute Gasteiger partial charge is 0.319 e. The summed E-state index contributed by atoms with van der Waals surface area (Å²) in [6.07, 6.45) is 0. The Bertz CT molecular complexity index is 736. The molecule has 0 saturated carbocycles. The molecule has 0 aliphatic carbocycles. The van der Waals surface area contributed by atoms with Gasteiger partial charge in [-0.2, -0.15) is 0 Å². The molecule has 140 valence electrons. The maximum Gasteiger partial charge on any atom is 0.319 e. The molecule has 2 aromatic rings. The van der Waals surface area contributed by atoms with Crippen LogP contribution in [0.2, 0.25) is 0 Å². The van der Waals surface area contributed by atoms with Crippen molar-refractivity contribution in [1.82, 2.24) is 10.2 Å². The summed E-state index contributed by atoms with van der Waals surface area (Å²) in [5, 5.41) is 7.97. The van der Waals surface area contributed by atoms with E-state index in [1.165, 1.54) is 4.88 Å². The average molecular weight is 375 g/mol. The number of carbonyl (C=O) groups excluding carboxylic acids is 1. The number of amides is 2. The molecule has 1 aliphatic rings. The Morgan fingerprint density at radius 1 is 1.27 bits per heavy atom. The molecule has 1 saturated heterocycles. The van der Waals surface area contributed by atoms with Gasteiger partial charge in [-0.3, -0.25) is 0 Å². The van der Waals surface area contributed by atoms with E-state index in [4.69, 9.17) is 9.47 Å². The highest BCUT2D eigenvalue weighted by Crippen LogP contribution is 2.34. The Labute approximate surface area is 158 Å². The summed E-state index contributed by atoms with van der Waals surface area (Å²) >= 11 is 1.79. The van der Waals surface area contributed by atoms with Gasteiger partial charge in [0.2, 0.25) is 0 Å². The van der Waals surface area contributed by atoms with E-state index >= 15 is 0 Å². The van der Waals surface area contributed by atoms with Crippen LogP contribution in [0, 0.1) is 5.92 Å². The van der Waals surface area contributed by atoms with Crippen molar-refractivity contribution in [3.8, 4) is 11.5 Å². The third-order valence-electron chi connectivity index (χ3n) is 4.71. The number of nitrogens with zero attached hydrogens (tertiary/aromatic N) is 1. The summed E-state index contributed by atoms with van der Waals surface area (Å²) < 4.78 is 10.5. The average Bonchev–Trinajstić information content (AvgIpc) is 3.29. The lowest BCUT2D eigenvalue weighted by Gasteiger charge is -2.18. The Morgan fingerprint density at radius 3 is 2.81 bits per heavy atom. The van der Waals surface area contributed by atoms with E-state index < -0.39 is 0 Å². The fourth-order valence-corrected chi connectivity index (χ4v) is 4.32.